The van der Waals surface area contributed by atoms with Crippen LogP contribution in [0.1, 0.15) is 39.5 Å². The predicted octanol–water partition coefficient (Wildman–Crippen LogP) is 3.06. The average molecular weight is 281 g/mol. The summed E-state index contributed by atoms with van der Waals surface area (Å²) in [5, 5.41) is 11.4. The van der Waals surface area contributed by atoms with Crippen molar-refractivity contribution in [2.24, 2.45) is 17.3 Å². The van der Waals surface area contributed by atoms with E-state index in [0.29, 0.717) is 24.7 Å². The normalized spacial score (nSPS) is 32.3. The summed E-state index contributed by atoms with van der Waals surface area (Å²) in [5.41, 5.74) is -0.547. The van der Waals surface area contributed by atoms with E-state index in [1.807, 2.05) is 13.8 Å². The minimum absolute atomic E-state index is 0.0630. The molecule has 0 amide bonds. The Hall–Kier alpha value is -0.780. The van der Waals surface area contributed by atoms with Crippen LogP contribution in [0.3, 0.4) is 0 Å². The SMILES string of the molecule is C[C@@H]1C[C@H](C)C[C@@](CNCC(F)(F)F)(CC(=O)O)C1. The highest BCUT2D eigenvalue weighted by Crippen LogP contribution is 2.44. The van der Waals surface area contributed by atoms with Crippen LogP contribution in [0.25, 0.3) is 0 Å². The molecule has 19 heavy (non-hydrogen) atoms. The van der Waals surface area contributed by atoms with Crippen molar-refractivity contribution < 1.29 is 23.1 Å². The summed E-state index contributed by atoms with van der Waals surface area (Å²) in [5.74, 6) is -0.221. The second-order valence-electron chi connectivity index (χ2n) is 6.14. The predicted molar refractivity (Wildman–Crippen MR) is 65.8 cm³/mol. The maximum Gasteiger partial charge on any atom is 0.401 e. The first-order chi connectivity index (χ1) is 8.62. The molecule has 0 spiro atoms. The van der Waals surface area contributed by atoms with E-state index in [0.717, 1.165) is 6.42 Å². The van der Waals surface area contributed by atoms with Gasteiger partial charge >= 0.3 is 12.1 Å². The van der Waals surface area contributed by atoms with Gasteiger partial charge in [-0.3, -0.25) is 4.79 Å². The number of carboxylic acids is 1. The van der Waals surface area contributed by atoms with Crippen molar-refractivity contribution >= 4 is 5.97 Å². The molecule has 1 aliphatic rings. The second kappa shape index (κ2) is 6.11. The van der Waals surface area contributed by atoms with Gasteiger partial charge in [-0.2, -0.15) is 13.2 Å². The van der Waals surface area contributed by atoms with Crippen LogP contribution in [0.15, 0.2) is 0 Å². The van der Waals surface area contributed by atoms with Crippen molar-refractivity contribution in [1.29, 1.82) is 0 Å². The molecule has 0 radical (unpaired) electrons. The summed E-state index contributed by atoms with van der Waals surface area (Å²) in [6.45, 7) is 3.14. The molecule has 0 aromatic heterocycles. The zero-order chi connectivity index (χ0) is 14.7. The highest BCUT2D eigenvalue weighted by Gasteiger charge is 2.40. The summed E-state index contributed by atoms with van der Waals surface area (Å²) >= 11 is 0. The standard InChI is InChI=1S/C13H22F3NO2/c1-9-3-10(2)5-12(4-9,6-11(18)19)7-17-8-13(14,15)16/h9-10,17H,3-8H2,1-2H3,(H,18,19)/t9-,10+,12-. The minimum Gasteiger partial charge on any atom is -0.481 e. The average Bonchev–Trinajstić information content (AvgIpc) is 2.10. The molecule has 0 aromatic carbocycles. The number of carboxylic acid groups (broad SMARTS) is 1. The molecule has 3 nitrogen and oxygen atoms in total. The first-order valence-electron chi connectivity index (χ1n) is 6.61. The third-order valence-electron chi connectivity index (χ3n) is 3.72. The topological polar surface area (TPSA) is 49.3 Å². The molecule has 0 aliphatic heterocycles. The maximum atomic E-state index is 12.2. The Kier molecular flexibility index (Phi) is 5.24. The van der Waals surface area contributed by atoms with Gasteiger partial charge in [-0.05, 0) is 36.5 Å². The molecule has 0 unspecified atom stereocenters. The van der Waals surface area contributed by atoms with E-state index in [1.165, 1.54) is 0 Å². The number of nitrogens with one attached hydrogen (secondary N) is 1. The van der Waals surface area contributed by atoms with Crippen LogP contribution in [0.2, 0.25) is 0 Å². The van der Waals surface area contributed by atoms with Crippen molar-refractivity contribution in [1.82, 2.24) is 5.32 Å². The van der Waals surface area contributed by atoms with Crippen molar-refractivity contribution in [2.45, 2.75) is 45.7 Å². The Morgan fingerprint density at radius 1 is 1.32 bits per heavy atom. The number of carbonyl (C=O) groups is 1. The van der Waals surface area contributed by atoms with Gasteiger partial charge in [-0.15, -0.1) is 0 Å². The molecule has 0 heterocycles. The Morgan fingerprint density at radius 2 is 1.84 bits per heavy atom. The number of hydrogen-bond acceptors (Lipinski definition) is 2. The molecule has 112 valence electrons. The number of aliphatic carboxylic acids is 1. The van der Waals surface area contributed by atoms with Crippen LogP contribution in [-0.2, 0) is 4.79 Å². The molecule has 0 saturated heterocycles. The lowest BCUT2D eigenvalue weighted by molar-refractivity contribution is -0.141. The zero-order valence-corrected chi connectivity index (χ0v) is 11.4. The fourth-order valence-corrected chi connectivity index (χ4v) is 3.56. The molecule has 1 aliphatic carbocycles. The van der Waals surface area contributed by atoms with Crippen molar-refractivity contribution in [2.75, 3.05) is 13.1 Å². The van der Waals surface area contributed by atoms with Crippen LogP contribution >= 0.6 is 0 Å². The largest absolute Gasteiger partial charge is 0.481 e. The van der Waals surface area contributed by atoms with Crippen molar-refractivity contribution in [3.8, 4) is 0 Å². The molecule has 6 heteroatoms. The molecule has 1 fully saturated rings. The Labute approximate surface area is 111 Å². The van der Waals surface area contributed by atoms with E-state index in [9.17, 15) is 18.0 Å². The van der Waals surface area contributed by atoms with Gasteiger partial charge in [0.1, 0.15) is 0 Å². The van der Waals surface area contributed by atoms with Crippen LogP contribution in [0, 0.1) is 17.3 Å². The first-order valence-corrected chi connectivity index (χ1v) is 6.61. The van der Waals surface area contributed by atoms with Gasteiger partial charge in [-0.25, -0.2) is 0 Å². The van der Waals surface area contributed by atoms with E-state index < -0.39 is 24.1 Å². The summed E-state index contributed by atoms with van der Waals surface area (Å²) in [7, 11) is 0. The van der Waals surface area contributed by atoms with Gasteiger partial charge in [0.2, 0.25) is 0 Å². The number of alkyl halides is 3. The van der Waals surface area contributed by atoms with Gasteiger partial charge in [-0.1, -0.05) is 13.8 Å². The lowest BCUT2D eigenvalue weighted by Gasteiger charge is -2.42. The number of halogens is 3. The van der Waals surface area contributed by atoms with Gasteiger partial charge in [0.05, 0.1) is 13.0 Å². The van der Waals surface area contributed by atoms with E-state index >= 15 is 0 Å². The second-order valence-corrected chi connectivity index (χ2v) is 6.14. The van der Waals surface area contributed by atoms with Crippen LogP contribution < -0.4 is 5.32 Å². The molecule has 0 aromatic rings. The van der Waals surface area contributed by atoms with Crippen LogP contribution in [0.5, 0.6) is 0 Å². The monoisotopic (exact) mass is 281 g/mol. The maximum absolute atomic E-state index is 12.2. The molecular weight excluding hydrogens is 259 g/mol. The first kappa shape index (κ1) is 16.3. The van der Waals surface area contributed by atoms with Gasteiger partial charge in [0.15, 0.2) is 0 Å². The van der Waals surface area contributed by atoms with Gasteiger partial charge in [0, 0.05) is 6.54 Å². The van der Waals surface area contributed by atoms with Crippen molar-refractivity contribution in [3.05, 3.63) is 0 Å². The Bertz CT molecular complexity index is 308. The highest BCUT2D eigenvalue weighted by atomic mass is 19.4. The van der Waals surface area contributed by atoms with E-state index in [4.69, 9.17) is 5.11 Å². The molecule has 2 N–H and O–H groups in total. The minimum atomic E-state index is -4.25. The fraction of sp³-hybridized carbons (Fsp3) is 0.923. The smallest absolute Gasteiger partial charge is 0.401 e. The van der Waals surface area contributed by atoms with E-state index in [-0.39, 0.29) is 13.0 Å². The molecular formula is C13H22F3NO2. The summed E-state index contributed by atoms with van der Waals surface area (Å²) < 4.78 is 36.5. The fourth-order valence-electron chi connectivity index (χ4n) is 3.56. The highest BCUT2D eigenvalue weighted by molar-refractivity contribution is 5.67. The summed E-state index contributed by atoms with van der Waals surface area (Å²) in [6, 6.07) is 0. The summed E-state index contributed by atoms with van der Waals surface area (Å²) in [4.78, 5) is 11.0. The molecule has 3 atom stereocenters. The number of hydrogen-bond donors (Lipinski definition) is 2. The van der Waals surface area contributed by atoms with Crippen molar-refractivity contribution in [3.63, 3.8) is 0 Å². The third-order valence-corrected chi connectivity index (χ3v) is 3.72. The molecule has 0 bridgehead atoms. The lowest BCUT2D eigenvalue weighted by atomic mass is 9.64. The Balaban J connectivity index is 2.67. The molecule has 1 rings (SSSR count). The quantitative estimate of drug-likeness (QED) is 0.814. The molecule has 1 saturated carbocycles. The van der Waals surface area contributed by atoms with Crippen LogP contribution in [0.4, 0.5) is 13.2 Å². The van der Waals surface area contributed by atoms with Crippen LogP contribution in [-0.4, -0.2) is 30.3 Å². The summed E-state index contributed by atoms with van der Waals surface area (Å²) in [6.07, 6.45) is -1.95. The Morgan fingerprint density at radius 3 is 2.26 bits per heavy atom. The van der Waals surface area contributed by atoms with E-state index in [2.05, 4.69) is 5.32 Å². The third kappa shape index (κ3) is 5.80. The van der Waals surface area contributed by atoms with Gasteiger partial charge in [0.25, 0.3) is 0 Å². The van der Waals surface area contributed by atoms with Gasteiger partial charge < -0.3 is 10.4 Å². The number of rotatable bonds is 5. The zero-order valence-electron chi connectivity index (χ0n) is 11.4. The van der Waals surface area contributed by atoms with E-state index in [1.54, 1.807) is 0 Å². The lowest BCUT2D eigenvalue weighted by Crippen LogP contribution is -2.44.